The number of para-hydroxylation sites is 1. The van der Waals surface area contributed by atoms with E-state index in [1.807, 2.05) is 13.8 Å². The van der Waals surface area contributed by atoms with Crippen LogP contribution in [0.5, 0.6) is 0 Å². The second kappa shape index (κ2) is 4.98. The number of hydrogen-bond acceptors (Lipinski definition) is 3. The molecule has 0 fully saturated rings. The van der Waals surface area contributed by atoms with Crippen molar-refractivity contribution < 1.29 is 9.59 Å². The summed E-state index contributed by atoms with van der Waals surface area (Å²) in [5.74, 6) is -0.278. The second-order valence-electron chi connectivity index (χ2n) is 6.76. The fourth-order valence-electron chi connectivity index (χ4n) is 3.98. The van der Waals surface area contributed by atoms with Crippen LogP contribution in [0.2, 0.25) is 5.02 Å². The Labute approximate surface area is 148 Å². The third-order valence-corrected chi connectivity index (χ3v) is 5.31. The third kappa shape index (κ3) is 1.84. The molecule has 1 spiro atoms. The molecule has 7 nitrogen and oxygen atoms in total. The first-order valence-electron chi connectivity index (χ1n) is 8.01. The normalized spacial score (nSPS) is 21.7. The zero-order chi connectivity index (χ0) is 18.1. The SMILES string of the molecule is CC(C)n1[nH]c(=O)c2c1NC(=O)CC21C(=O)N(C)c2c(Cl)cccc21. The van der Waals surface area contributed by atoms with Crippen LogP contribution in [0.15, 0.2) is 23.0 Å². The summed E-state index contributed by atoms with van der Waals surface area (Å²) in [5.41, 5.74) is -0.306. The number of aromatic amines is 1. The Morgan fingerprint density at radius 3 is 2.64 bits per heavy atom. The van der Waals surface area contributed by atoms with Gasteiger partial charge in [-0.05, 0) is 25.5 Å². The van der Waals surface area contributed by atoms with Crippen LogP contribution in [0.1, 0.15) is 37.4 Å². The first kappa shape index (κ1) is 16.0. The number of nitrogens with zero attached hydrogens (tertiary/aromatic N) is 2. The molecule has 130 valence electrons. The minimum absolute atomic E-state index is 0.0834. The van der Waals surface area contributed by atoms with Crippen molar-refractivity contribution in [1.29, 1.82) is 0 Å². The highest BCUT2D eigenvalue weighted by Crippen LogP contribution is 2.52. The highest BCUT2D eigenvalue weighted by atomic mass is 35.5. The van der Waals surface area contributed by atoms with Crippen molar-refractivity contribution in [2.45, 2.75) is 31.7 Å². The van der Waals surface area contributed by atoms with E-state index in [2.05, 4.69) is 10.4 Å². The van der Waals surface area contributed by atoms with E-state index < -0.39 is 5.41 Å². The molecule has 2 N–H and O–H groups in total. The van der Waals surface area contributed by atoms with Crippen LogP contribution in [0.3, 0.4) is 0 Å². The topological polar surface area (TPSA) is 87.2 Å². The summed E-state index contributed by atoms with van der Waals surface area (Å²) < 4.78 is 1.59. The van der Waals surface area contributed by atoms with Crippen LogP contribution < -0.4 is 15.8 Å². The number of carbonyl (C=O) groups is 2. The quantitative estimate of drug-likeness (QED) is 0.815. The van der Waals surface area contributed by atoms with Gasteiger partial charge in [0, 0.05) is 13.1 Å². The van der Waals surface area contributed by atoms with Gasteiger partial charge in [0.25, 0.3) is 5.56 Å². The highest BCUT2D eigenvalue weighted by molar-refractivity contribution is 6.35. The summed E-state index contributed by atoms with van der Waals surface area (Å²) in [5, 5.41) is 5.92. The van der Waals surface area contributed by atoms with Crippen LogP contribution in [-0.4, -0.2) is 28.6 Å². The number of H-pyrrole nitrogens is 1. The number of rotatable bonds is 1. The number of aromatic nitrogens is 2. The summed E-state index contributed by atoms with van der Waals surface area (Å²) >= 11 is 6.31. The molecule has 25 heavy (non-hydrogen) atoms. The predicted octanol–water partition coefficient (Wildman–Crippen LogP) is 2.02. The molecular weight excluding hydrogens is 344 g/mol. The number of anilines is 2. The highest BCUT2D eigenvalue weighted by Gasteiger charge is 2.58. The maximum Gasteiger partial charge on any atom is 0.270 e. The van der Waals surface area contributed by atoms with Gasteiger partial charge in [-0.3, -0.25) is 24.2 Å². The lowest BCUT2D eigenvalue weighted by Gasteiger charge is -2.31. The minimum Gasteiger partial charge on any atom is -0.313 e. The molecule has 8 heteroatoms. The molecule has 1 atom stereocenters. The van der Waals surface area contributed by atoms with E-state index in [0.29, 0.717) is 22.1 Å². The van der Waals surface area contributed by atoms with Crippen LogP contribution in [0, 0.1) is 0 Å². The molecule has 2 aromatic rings. The molecule has 1 aromatic heterocycles. The Kier molecular flexibility index (Phi) is 3.18. The fourth-order valence-corrected chi connectivity index (χ4v) is 4.28. The summed E-state index contributed by atoms with van der Waals surface area (Å²) in [6.45, 7) is 3.77. The van der Waals surface area contributed by atoms with Gasteiger partial charge in [-0.1, -0.05) is 23.7 Å². The smallest absolute Gasteiger partial charge is 0.270 e. The number of likely N-dealkylation sites (N-methyl/N-ethyl adjacent to an activating group) is 1. The second-order valence-corrected chi connectivity index (χ2v) is 7.17. The molecule has 2 aliphatic heterocycles. The van der Waals surface area contributed by atoms with E-state index in [9.17, 15) is 14.4 Å². The Balaban J connectivity index is 2.12. The molecule has 0 saturated carbocycles. The van der Waals surface area contributed by atoms with Gasteiger partial charge in [0.15, 0.2) is 0 Å². The Morgan fingerprint density at radius 2 is 1.96 bits per heavy atom. The number of amides is 2. The van der Waals surface area contributed by atoms with E-state index in [1.54, 1.807) is 29.9 Å². The first-order valence-corrected chi connectivity index (χ1v) is 8.38. The molecule has 4 rings (SSSR count). The van der Waals surface area contributed by atoms with E-state index in [-0.39, 0.29) is 35.4 Å². The van der Waals surface area contributed by atoms with Gasteiger partial charge in [-0.25, -0.2) is 0 Å². The number of benzene rings is 1. The van der Waals surface area contributed by atoms with Crippen LogP contribution in [-0.2, 0) is 15.0 Å². The lowest BCUT2D eigenvalue weighted by atomic mass is 9.71. The van der Waals surface area contributed by atoms with E-state index in [1.165, 1.54) is 4.90 Å². The number of hydrogen-bond donors (Lipinski definition) is 2. The van der Waals surface area contributed by atoms with E-state index in [0.717, 1.165) is 0 Å². The van der Waals surface area contributed by atoms with Gasteiger partial charge in [0.2, 0.25) is 11.8 Å². The predicted molar refractivity (Wildman–Crippen MR) is 94.3 cm³/mol. The number of halogens is 1. The molecule has 1 unspecified atom stereocenters. The minimum atomic E-state index is -1.35. The summed E-state index contributed by atoms with van der Waals surface area (Å²) in [7, 11) is 1.61. The van der Waals surface area contributed by atoms with Gasteiger partial charge in [-0.2, -0.15) is 0 Å². The molecule has 2 aliphatic rings. The summed E-state index contributed by atoms with van der Waals surface area (Å²) in [6.07, 6.45) is -0.123. The number of fused-ring (bicyclic) bond motifs is 4. The molecule has 0 aliphatic carbocycles. The molecule has 0 radical (unpaired) electrons. The maximum absolute atomic E-state index is 13.3. The molecular formula is C17H17ClN4O3. The largest absolute Gasteiger partial charge is 0.313 e. The standard InChI is InChI=1S/C17H17ClN4O3/c1-8(2)22-14-12(15(24)20-22)17(7-11(23)19-14)9-5-4-6-10(18)13(9)21(3)16(17)25/h4-6,8H,7H2,1-3H3,(H,19,23)(H,20,24). The van der Waals surface area contributed by atoms with Crippen molar-refractivity contribution in [3.63, 3.8) is 0 Å². The maximum atomic E-state index is 13.3. The molecule has 2 amide bonds. The Bertz CT molecular complexity index is 990. The van der Waals surface area contributed by atoms with Gasteiger partial charge < -0.3 is 10.2 Å². The number of carbonyl (C=O) groups excluding carboxylic acids is 2. The molecule has 0 bridgehead atoms. The average Bonchev–Trinajstić information content (AvgIpc) is 2.98. The lowest BCUT2D eigenvalue weighted by Crippen LogP contribution is -2.47. The van der Waals surface area contributed by atoms with Crippen molar-refractivity contribution in [3.05, 3.63) is 44.7 Å². The van der Waals surface area contributed by atoms with Crippen molar-refractivity contribution in [2.24, 2.45) is 0 Å². The molecule has 3 heterocycles. The Hall–Kier alpha value is -2.54. The van der Waals surface area contributed by atoms with E-state index >= 15 is 0 Å². The van der Waals surface area contributed by atoms with Gasteiger partial charge in [0.1, 0.15) is 11.2 Å². The first-order chi connectivity index (χ1) is 11.8. The molecule has 1 aromatic carbocycles. The summed E-state index contributed by atoms with van der Waals surface area (Å²) in [6, 6.07) is 5.10. The third-order valence-electron chi connectivity index (χ3n) is 5.01. The van der Waals surface area contributed by atoms with Gasteiger partial charge in [-0.15, -0.1) is 0 Å². The van der Waals surface area contributed by atoms with Gasteiger partial charge >= 0.3 is 0 Å². The van der Waals surface area contributed by atoms with Crippen molar-refractivity contribution >= 4 is 34.9 Å². The molecule has 0 saturated heterocycles. The number of nitrogens with one attached hydrogen (secondary N) is 2. The zero-order valence-electron chi connectivity index (χ0n) is 14.0. The Morgan fingerprint density at radius 1 is 1.24 bits per heavy atom. The fraction of sp³-hybridized carbons (Fsp3) is 0.353. The van der Waals surface area contributed by atoms with E-state index in [4.69, 9.17) is 11.6 Å². The average molecular weight is 361 g/mol. The monoisotopic (exact) mass is 360 g/mol. The van der Waals surface area contributed by atoms with Crippen molar-refractivity contribution in [2.75, 3.05) is 17.3 Å². The van der Waals surface area contributed by atoms with Crippen LogP contribution in [0.25, 0.3) is 0 Å². The summed E-state index contributed by atoms with van der Waals surface area (Å²) in [4.78, 5) is 39.9. The zero-order valence-corrected chi connectivity index (χ0v) is 14.8. The van der Waals surface area contributed by atoms with Crippen molar-refractivity contribution in [1.82, 2.24) is 9.78 Å². The van der Waals surface area contributed by atoms with Crippen molar-refractivity contribution in [3.8, 4) is 0 Å². The van der Waals surface area contributed by atoms with Gasteiger partial charge in [0.05, 0.1) is 22.7 Å². The lowest BCUT2D eigenvalue weighted by molar-refractivity contribution is -0.126. The van der Waals surface area contributed by atoms with Crippen LogP contribution >= 0.6 is 11.6 Å². The van der Waals surface area contributed by atoms with Crippen LogP contribution in [0.4, 0.5) is 11.5 Å².